The van der Waals surface area contributed by atoms with Crippen LogP contribution < -0.4 is 10.5 Å². The average Bonchev–Trinajstić information content (AvgIpc) is 2.78. The Morgan fingerprint density at radius 3 is 2.12 bits per heavy atom. The van der Waals surface area contributed by atoms with E-state index in [1.807, 2.05) is 24.3 Å². The van der Waals surface area contributed by atoms with Crippen molar-refractivity contribution in [2.75, 3.05) is 26.2 Å². The Bertz CT molecular complexity index is 867. The van der Waals surface area contributed by atoms with E-state index in [1.165, 1.54) is 4.90 Å². The molecule has 3 N–H and O–H groups in total. The first-order chi connectivity index (χ1) is 15.1. The van der Waals surface area contributed by atoms with Crippen molar-refractivity contribution < 1.29 is 32.2 Å². The summed E-state index contributed by atoms with van der Waals surface area (Å²) in [7, 11) is 0. The molecule has 1 heterocycles. The molecule has 3 aliphatic carbocycles. The zero-order chi connectivity index (χ0) is 23.2. The maximum atomic E-state index is 13.0. The number of alkyl halides is 3. The van der Waals surface area contributed by atoms with Crippen LogP contribution in [0.3, 0.4) is 0 Å². The molecule has 1 aromatic carbocycles. The maximum Gasteiger partial charge on any atom is 0.420 e. The van der Waals surface area contributed by atoms with Gasteiger partial charge in [-0.15, -0.1) is 0 Å². The van der Waals surface area contributed by atoms with Crippen molar-refractivity contribution in [3.63, 3.8) is 0 Å². The van der Waals surface area contributed by atoms with Gasteiger partial charge in [-0.05, 0) is 61.6 Å². The quantitative estimate of drug-likeness (QED) is 0.642. The van der Waals surface area contributed by atoms with Gasteiger partial charge in [-0.2, -0.15) is 13.2 Å². The Labute approximate surface area is 184 Å². The molecule has 176 valence electrons. The van der Waals surface area contributed by atoms with Gasteiger partial charge in [-0.1, -0.05) is 12.1 Å². The Morgan fingerprint density at radius 1 is 1.09 bits per heavy atom. The SMILES string of the molecule is NCC(=CF)COc1ccc(C23CCC(C(=O)N4CC(O)(C(F)(F)F)C4)(CC2)CC3)cc1. The van der Waals surface area contributed by atoms with Gasteiger partial charge in [0.15, 0.2) is 5.60 Å². The van der Waals surface area contributed by atoms with Gasteiger partial charge >= 0.3 is 6.18 Å². The van der Waals surface area contributed by atoms with Gasteiger partial charge in [-0.3, -0.25) is 4.79 Å². The van der Waals surface area contributed by atoms with Crippen LogP contribution in [0.15, 0.2) is 36.2 Å². The zero-order valence-electron chi connectivity index (χ0n) is 17.8. The molecule has 1 aliphatic heterocycles. The number of benzene rings is 1. The third-order valence-corrected chi connectivity index (χ3v) is 7.73. The van der Waals surface area contributed by atoms with Gasteiger partial charge in [0.05, 0.1) is 19.4 Å². The van der Waals surface area contributed by atoms with Crippen LogP contribution in [-0.2, 0) is 10.2 Å². The molecule has 4 fully saturated rings. The van der Waals surface area contributed by atoms with Crippen molar-refractivity contribution in [2.45, 2.75) is 55.7 Å². The van der Waals surface area contributed by atoms with Crippen LogP contribution in [-0.4, -0.2) is 53.9 Å². The molecule has 5 rings (SSSR count). The fraction of sp³-hybridized carbons (Fsp3) is 0.609. The molecule has 0 atom stereocenters. The van der Waals surface area contributed by atoms with E-state index in [0.717, 1.165) is 24.8 Å². The Morgan fingerprint density at radius 2 is 1.66 bits per heavy atom. The number of aliphatic hydroxyl groups is 1. The molecule has 9 heteroatoms. The number of hydrogen-bond acceptors (Lipinski definition) is 4. The minimum atomic E-state index is -4.72. The predicted octanol–water partition coefficient (Wildman–Crippen LogP) is 3.61. The number of fused-ring (bicyclic) bond motifs is 3. The molecule has 0 spiro atoms. The van der Waals surface area contributed by atoms with E-state index in [-0.39, 0.29) is 24.5 Å². The highest BCUT2D eigenvalue weighted by Crippen LogP contribution is 2.59. The highest BCUT2D eigenvalue weighted by molar-refractivity contribution is 5.84. The highest BCUT2D eigenvalue weighted by Gasteiger charge is 2.64. The van der Waals surface area contributed by atoms with Crippen molar-refractivity contribution in [2.24, 2.45) is 11.1 Å². The number of hydrogen-bond donors (Lipinski definition) is 2. The van der Waals surface area contributed by atoms with Gasteiger partial charge in [0.1, 0.15) is 12.4 Å². The van der Waals surface area contributed by atoms with Crippen LogP contribution in [0.2, 0.25) is 0 Å². The summed E-state index contributed by atoms with van der Waals surface area (Å²) in [4.78, 5) is 14.2. The van der Waals surface area contributed by atoms with Crippen molar-refractivity contribution in [1.82, 2.24) is 4.90 Å². The molecular formula is C23H28F4N2O3. The number of carbonyl (C=O) groups excluding carboxylic acids is 1. The zero-order valence-corrected chi connectivity index (χ0v) is 17.8. The second kappa shape index (κ2) is 8.02. The Hall–Kier alpha value is -2.13. The largest absolute Gasteiger partial charge is 0.489 e. The van der Waals surface area contributed by atoms with Crippen LogP contribution >= 0.6 is 0 Å². The van der Waals surface area contributed by atoms with Crippen LogP contribution in [0, 0.1) is 5.41 Å². The molecule has 5 nitrogen and oxygen atoms in total. The number of amides is 1. The lowest BCUT2D eigenvalue weighted by Gasteiger charge is -2.56. The van der Waals surface area contributed by atoms with E-state index in [1.54, 1.807) is 0 Å². The van der Waals surface area contributed by atoms with Gasteiger partial charge < -0.3 is 20.5 Å². The number of rotatable bonds is 6. The number of β-amino-alcohol motifs (C(OH)–C–C–N with tert-alkyl or cyclic N) is 1. The predicted molar refractivity (Wildman–Crippen MR) is 110 cm³/mol. The average molecular weight is 456 g/mol. The number of ether oxygens (including phenoxy) is 1. The summed E-state index contributed by atoms with van der Waals surface area (Å²) >= 11 is 0. The molecule has 3 saturated carbocycles. The monoisotopic (exact) mass is 456 g/mol. The lowest BCUT2D eigenvalue weighted by molar-refractivity contribution is -0.299. The van der Waals surface area contributed by atoms with Crippen LogP contribution in [0.5, 0.6) is 5.75 Å². The molecular weight excluding hydrogens is 428 g/mol. The summed E-state index contributed by atoms with van der Waals surface area (Å²) < 4.78 is 56.9. The third-order valence-electron chi connectivity index (χ3n) is 7.73. The van der Waals surface area contributed by atoms with Gasteiger partial charge in [0.2, 0.25) is 5.91 Å². The summed E-state index contributed by atoms with van der Waals surface area (Å²) in [5.41, 5.74) is 3.50. The Kier molecular flexibility index (Phi) is 5.78. The van der Waals surface area contributed by atoms with E-state index in [2.05, 4.69) is 0 Å². The van der Waals surface area contributed by atoms with Crippen LogP contribution in [0.4, 0.5) is 17.6 Å². The summed E-state index contributed by atoms with van der Waals surface area (Å²) in [5, 5.41) is 9.68. The maximum absolute atomic E-state index is 13.0. The second-order valence-electron chi connectivity index (χ2n) is 9.54. The van der Waals surface area contributed by atoms with Crippen molar-refractivity contribution >= 4 is 5.91 Å². The lowest BCUT2D eigenvalue weighted by Crippen LogP contribution is -2.72. The summed E-state index contributed by atoms with van der Waals surface area (Å²) in [6.07, 6.45) is -0.00628. The molecule has 0 aromatic heterocycles. The second-order valence-corrected chi connectivity index (χ2v) is 9.54. The lowest BCUT2D eigenvalue weighted by atomic mass is 9.51. The number of halogens is 4. The van der Waals surface area contributed by atoms with Gasteiger partial charge in [-0.25, -0.2) is 4.39 Å². The first-order valence-electron chi connectivity index (χ1n) is 10.9. The number of nitrogens with two attached hydrogens (primary N) is 1. The van der Waals surface area contributed by atoms with Gasteiger partial charge in [0, 0.05) is 17.5 Å². The molecule has 0 radical (unpaired) electrons. The van der Waals surface area contributed by atoms with Crippen LogP contribution in [0.25, 0.3) is 0 Å². The van der Waals surface area contributed by atoms with Gasteiger partial charge in [0.25, 0.3) is 0 Å². The number of likely N-dealkylation sites (tertiary alicyclic amines) is 1. The molecule has 4 aliphatic rings. The minimum Gasteiger partial charge on any atom is -0.489 e. The van der Waals surface area contributed by atoms with E-state index >= 15 is 0 Å². The molecule has 1 saturated heterocycles. The topological polar surface area (TPSA) is 75.8 Å². The first kappa shape index (κ1) is 23.0. The molecule has 1 amide bonds. The highest BCUT2D eigenvalue weighted by atomic mass is 19.4. The van der Waals surface area contributed by atoms with E-state index in [4.69, 9.17) is 10.5 Å². The molecule has 32 heavy (non-hydrogen) atoms. The fourth-order valence-corrected chi connectivity index (χ4v) is 5.40. The van der Waals surface area contributed by atoms with Crippen molar-refractivity contribution in [3.05, 3.63) is 41.7 Å². The summed E-state index contributed by atoms with van der Waals surface area (Å²) in [6, 6.07) is 7.68. The normalized spacial score (nSPS) is 29.6. The Balaban J connectivity index is 1.37. The van der Waals surface area contributed by atoms with E-state index in [9.17, 15) is 27.5 Å². The fourth-order valence-electron chi connectivity index (χ4n) is 5.40. The summed E-state index contributed by atoms with van der Waals surface area (Å²) in [6.45, 7) is -1.17. The first-order valence-corrected chi connectivity index (χ1v) is 10.9. The third kappa shape index (κ3) is 3.79. The van der Waals surface area contributed by atoms with Crippen molar-refractivity contribution in [1.29, 1.82) is 0 Å². The molecule has 1 aromatic rings. The molecule has 2 bridgehead atoms. The minimum absolute atomic E-state index is 0.0521. The van der Waals surface area contributed by atoms with E-state index < -0.39 is 30.3 Å². The molecule has 0 unspecified atom stereocenters. The number of carbonyl (C=O) groups is 1. The van der Waals surface area contributed by atoms with E-state index in [0.29, 0.717) is 36.9 Å². The number of nitrogens with zero attached hydrogens (tertiary/aromatic N) is 1. The smallest absolute Gasteiger partial charge is 0.420 e. The summed E-state index contributed by atoms with van der Waals surface area (Å²) in [5.74, 6) is 0.365. The van der Waals surface area contributed by atoms with Crippen molar-refractivity contribution in [3.8, 4) is 5.75 Å². The standard InChI is InChI=1S/C23H28F4N2O3/c24-11-16(12-28)13-32-18-3-1-17(2-4-18)20-5-8-21(9-6-20,10-7-20)19(30)29-14-22(31,15-29)23(25,26)27/h1-4,11,31H,5-10,12-15,28H2. The van der Waals surface area contributed by atoms with Crippen LogP contribution in [0.1, 0.15) is 44.1 Å².